The molecule has 2 amide bonds. The van der Waals surface area contributed by atoms with E-state index in [-0.39, 0.29) is 29.5 Å². The van der Waals surface area contributed by atoms with Gasteiger partial charge in [0.05, 0.1) is 24.8 Å². The lowest BCUT2D eigenvalue weighted by atomic mass is 10.0. The molecule has 1 N–H and O–H groups in total. The molecule has 236 valence electrons. The smallest absolute Gasteiger partial charge is 0.264 e. The molecule has 0 bridgehead atoms. The van der Waals surface area contributed by atoms with Gasteiger partial charge in [-0.1, -0.05) is 78.4 Å². The van der Waals surface area contributed by atoms with Crippen molar-refractivity contribution in [1.82, 2.24) is 10.2 Å². The zero-order chi connectivity index (χ0) is 32.4. The van der Waals surface area contributed by atoms with Crippen molar-refractivity contribution in [3.63, 3.8) is 0 Å². The Morgan fingerprint density at radius 1 is 0.800 bits per heavy atom. The Balaban J connectivity index is 1.82. The number of nitrogens with zero attached hydrogens (tertiary/aromatic N) is 2. The molecule has 4 rings (SSSR count). The van der Waals surface area contributed by atoms with E-state index in [4.69, 9.17) is 9.47 Å². The van der Waals surface area contributed by atoms with Gasteiger partial charge in [-0.2, -0.15) is 0 Å². The SMILES string of the molecule is CCNC(=O)[C@@H](Cc1ccccc1)N(Cc1ccc(C)cc1)C(=O)CN(c1ccc(OC)c(OC)c1)S(=O)(=O)c1ccccc1. The Kier molecular flexibility index (Phi) is 11.2. The third-order valence-electron chi connectivity index (χ3n) is 7.36. The fourth-order valence-electron chi connectivity index (χ4n) is 4.96. The number of ether oxygens (including phenoxy) is 2. The van der Waals surface area contributed by atoms with Crippen LogP contribution in [0.15, 0.2) is 108 Å². The molecule has 0 fully saturated rings. The zero-order valence-electron chi connectivity index (χ0n) is 26.0. The van der Waals surface area contributed by atoms with Crippen LogP contribution in [0.25, 0.3) is 0 Å². The lowest BCUT2D eigenvalue weighted by Gasteiger charge is -2.34. The van der Waals surface area contributed by atoms with E-state index in [1.165, 1.54) is 37.3 Å². The van der Waals surface area contributed by atoms with Crippen molar-refractivity contribution in [2.75, 3.05) is 31.6 Å². The first kappa shape index (κ1) is 33.1. The van der Waals surface area contributed by atoms with Crippen LogP contribution in [0.2, 0.25) is 0 Å². The quantitative estimate of drug-likeness (QED) is 0.211. The molecule has 4 aromatic carbocycles. The Morgan fingerprint density at radius 2 is 1.42 bits per heavy atom. The fraction of sp³-hybridized carbons (Fsp3) is 0.257. The second-order valence-electron chi connectivity index (χ2n) is 10.5. The van der Waals surface area contributed by atoms with Gasteiger partial charge in [-0.15, -0.1) is 0 Å². The number of methoxy groups -OCH3 is 2. The topological polar surface area (TPSA) is 105 Å². The fourth-order valence-corrected chi connectivity index (χ4v) is 6.39. The van der Waals surface area contributed by atoms with Crippen LogP contribution in [0.3, 0.4) is 0 Å². The van der Waals surface area contributed by atoms with Crippen LogP contribution in [0.5, 0.6) is 11.5 Å². The highest BCUT2D eigenvalue weighted by molar-refractivity contribution is 7.92. The number of anilines is 1. The number of sulfonamides is 1. The van der Waals surface area contributed by atoms with Crippen LogP contribution < -0.4 is 19.1 Å². The van der Waals surface area contributed by atoms with Crippen molar-refractivity contribution in [2.24, 2.45) is 0 Å². The molecule has 45 heavy (non-hydrogen) atoms. The molecule has 0 saturated heterocycles. The number of hydrogen-bond donors (Lipinski definition) is 1. The summed E-state index contributed by atoms with van der Waals surface area (Å²) >= 11 is 0. The monoisotopic (exact) mass is 629 g/mol. The predicted octanol–water partition coefficient (Wildman–Crippen LogP) is 4.98. The van der Waals surface area contributed by atoms with E-state index >= 15 is 0 Å². The first-order valence-corrected chi connectivity index (χ1v) is 16.1. The van der Waals surface area contributed by atoms with Gasteiger partial charge in [0.25, 0.3) is 10.0 Å². The van der Waals surface area contributed by atoms with E-state index in [1.54, 1.807) is 30.3 Å². The molecule has 0 aliphatic carbocycles. The summed E-state index contributed by atoms with van der Waals surface area (Å²) in [6.45, 7) is 3.68. The van der Waals surface area contributed by atoms with Crippen molar-refractivity contribution in [3.8, 4) is 11.5 Å². The number of benzene rings is 4. The van der Waals surface area contributed by atoms with Crippen LogP contribution in [0, 0.1) is 6.92 Å². The molecule has 0 saturated carbocycles. The third kappa shape index (κ3) is 8.21. The average Bonchev–Trinajstić information content (AvgIpc) is 3.06. The molecule has 0 aliphatic heterocycles. The van der Waals surface area contributed by atoms with Crippen molar-refractivity contribution < 1.29 is 27.5 Å². The third-order valence-corrected chi connectivity index (χ3v) is 9.15. The Morgan fingerprint density at radius 3 is 2.02 bits per heavy atom. The molecule has 0 radical (unpaired) electrons. The summed E-state index contributed by atoms with van der Waals surface area (Å²) in [7, 11) is -1.30. The minimum atomic E-state index is -4.23. The van der Waals surface area contributed by atoms with Gasteiger partial charge in [-0.05, 0) is 49.2 Å². The number of aryl methyl sites for hydroxylation is 1. The van der Waals surface area contributed by atoms with Crippen LogP contribution in [-0.2, 0) is 32.6 Å². The maximum Gasteiger partial charge on any atom is 0.264 e. The predicted molar refractivity (Wildman–Crippen MR) is 175 cm³/mol. The van der Waals surface area contributed by atoms with Crippen LogP contribution in [0.1, 0.15) is 23.6 Å². The standard InChI is InChI=1S/C35H39N3O6S/c1-5-36-35(40)31(22-27-12-8-6-9-13-27)37(24-28-18-16-26(2)17-19-28)34(39)25-38(45(41,42)30-14-10-7-11-15-30)29-20-21-32(43-3)33(23-29)44-4/h6-21,23,31H,5,22,24-25H2,1-4H3,(H,36,40)/t31-/m1/s1. The number of hydrogen-bond acceptors (Lipinski definition) is 6. The number of nitrogens with one attached hydrogen (secondary N) is 1. The van der Waals surface area contributed by atoms with E-state index in [0.29, 0.717) is 18.0 Å². The highest BCUT2D eigenvalue weighted by Gasteiger charge is 2.34. The number of likely N-dealkylation sites (N-methyl/N-ethyl adjacent to an activating group) is 1. The molecule has 0 spiro atoms. The molecular formula is C35H39N3O6S. The molecule has 0 aliphatic rings. The van der Waals surface area contributed by atoms with Crippen molar-refractivity contribution in [1.29, 1.82) is 0 Å². The number of rotatable bonds is 14. The van der Waals surface area contributed by atoms with E-state index in [9.17, 15) is 18.0 Å². The highest BCUT2D eigenvalue weighted by atomic mass is 32.2. The van der Waals surface area contributed by atoms with Gasteiger partial charge in [-0.3, -0.25) is 13.9 Å². The average molecular weight is 630 g/mol. The summed E-state index contributed by atoms with van der Waals surface area (Å²) < 4.78 is 40.1. The van der Waals surface area contributed by atoms with Gasteiger partial charge in [0, 0.05) is 25.6 Å². The molecule has 0 aromatic heterocycles. The van der Waals surface area contributed by atoms with Crippen LogP contribution >= 0.6 is 0 Å². The van der Waals surface area contributed by atoms with Gasteiger partial charge in [-0.25, -0.2) is 8.42 Å². The minimum absolute atomic E-state index is 0.0160. The second-order valence-corrected chi connectivity index (χ2v) is 12.3. The number of carbonyl (C=O) groups excluding carboxylic acids is 2. The molecule has 1 atom stereocenters. The normalized spacial score (nSPS) is 11.7. The summed E-state index contributed by atoms with van der Waals surface area (Å²) in [4.78, 5) is 29.6. The van der Waals surface area contributed by atoms with Crippen molar-refractivity contribution in [3.05, 3.63) is 120 Å². The largest absolute Gasteiger partial charge is 0.493 e. The van der Waals surface area contributed by atoms with Gasteiger partial charge in [0.2, 0.25) is 11.8 Å². The molecule has 10 heteroatoms. The lowest BCUT2D eigenvalue weighted by molar-refractivity contribution is -0.140. The summed E-state index contributed by atoms with van der Waals surface area (Å²) in [5.41, 5.74) is 2.93. The van der Waals surface area contributed by atoms with E-state index in [0.717, 1.165) is 21.0 Å². The summed E-state index contributed by atoms with van der Waals surface area (Å²) in [6, 6.07) is 28.8. The van der Waals surface area contributed by atoms with Gasteiger partial charge >= 0.3 is 0 Å². The lowest BCUT2D eigenvalue weighted by Crippen LogP contribution is -2.53. The van der Waals surface area contributed by atoms with Gasteiger partial charge in [0.1, 0.15) is 12.6 Å². The Hall–Kier alpha value is -4.83. The Bertz CT molecular complexity index is 1680. The summed E-state index contributed by atoms with van der Waals surface area (Å²) in [5, 5.41) is 2.87. The maximum atomic E-state index is 14.5. The zero-order valence-corrected chi connectivity index (χ0v) is 26.8. The van der Waals surface area contributed by atoms with Gasteiger partial charge in [0.15, 0.2) is 11.5 Å². The number of amides is 2. The van der Waals surface area contributed by atoms with Crippen LogP contribution in [0.4, 0.5) is 5.69 Å². The second kappa shape index (κ2) is 15.3. The van der Waals surface area contributed by atoms with E-state index in [1.807, 2.05) is 68.4 Å². The minimum Gasteiger partial charge on any atom is -0.493 e. The van der Waals surface area contributed by atoms with Crippen LogP contribution in [-0.4, -0.2) is 58.5 Å². The molecule has 0 unspecified atom stereocenters. The number of carbonyl (C=O) groups is 2. The summed E-state index contributed by atoms with van der Waals surface area (Å²) in [5.74, 6) is -0.163. The first-order chi connectivity index (χ1) is 21.7. The Labute approximate surface area is 265 Å². The molecule has 4 aromatic rings. The first-order valence-electron chi connectivity index (χ1n) is 14.6. The molecule has 9 nitrogen and oxygen atoms in total. The maximum absolute atomic E-state index is 14.5. The molecular weight excluding hydrogens is 590 g/mol. The molecule has 0 heterocycles. The highest BCUT2D eigenvalue weighted by Crippen LogP contribution is 2.34. The van der Waals surface area contributed by atoms with E-state index in [2.05, 4.69) is 5.32 Å². The summed E-state index contributed by atoms with van der Waals surface area (Å²) in [6.07, 6.45) is 0.242. The van der Waals surface area contributed by atoms with Crippen molar-refractivity contribution >= 4 is 27.5 Å². The van der Waals surface area contributed by atoms with Crippen molar-refractivity contribution in [2.45, 2.75) is 37.8 Å². The van der Waals surface area contributed by atoms with Gasteiger partial charge < -0.3 is 19.7 Å². The van der Waals surface area contributed by atoms with E-state index < -0.39 is 28.5 Å².